The molecule has 0 saturated carbocycles. The number of nitriles is 2. The van der Waals surface area contributed by atoms with E-state index in [-0.39, 0.29) is 24.0 Å². The first-order chi connectivity index (χ1) is 11.7. The lowest BCUT2D eigenvalue weighted by Crippen LogP contribution is -2.30. The van der Waals surface area contributed by atoms with E-state index in [0.29, 0.717) is 11.3 Å². The highest BCUT2D eigenvalue weighted by molar-refractivity contribution is 5.36. The van der Waals surface area contributed by atoms with Gasteiger partial charge in [0, 0.05) is 5.56 Å². The molecule has 0 radical (unpaired) electrons. The predicted octanol–water partition coefficient (Wildman–Crippen LogP) is 2.27. The van der Waals surface area contributed by atoms with Crippen LogP contribution in [0.2, 0.25) is 0 Å². The minimum Gasteiger partial charge on any atom is -0.486 e. The zero-order valence-corrected chi connectivity index (χ0v) is 13.0. The van der Waals surface area contributed by atoms with Crippen molar-refractivity contribution >= 4 is 0 Å². The molecule has 1 N–H and O–H groups in total. The number of ether oxygens (including phenoxy) is 1. The zero-order valence-electron chi connectivity index (χ0n) is 13.0. The topological polar surface area (TPSA) is 86.7 Å². The number of halogens is 1. The Balaban J connectivity index is 1.75. The molecule has 0 spiro atoms. The van der Waals surface area contributed by atoms with Crippen LogP contribution in [0.15, 0.2) is 24.4 Å². The SMILES string of the molecule is N#Cc1ccc(OCc2cnn(C3CCNCC3)c2C#N)c(F)c1. The first-order valence-corrected chi connectivity index (χ1v) is 7.72. The summed E-state index contributed by atoms with van der Waals surface area (Å²) in [5.74, 6) is -0.550. The molecule has 1 saturated heterocycles. The monoisotopic (exact) mass is 325 g/mol. The minimum atomic E-state index is -0.599. The van der Waals surface area contributed by atoms with Crippen LogP contribution in [-0.2, 0) is 6.61 Å². The summed E-state index contributed by atoms with van der Waals surface area (Å²) >= 11 is 0. The summed E-state index contributed by atoms with van der Waals surface area (Å²) in [6.07, 6.45) is 3.43. The lowest BCUT2D eigenvalue weighted by molar-refractivity contribution is 0.289. The number of benzene rings is 1. The Labute approximate surface area is 139 Å². The summed E-state index contributed by atoms with van der Waals surface area (Å²) in [5, 5.41) is 25.8. The number of piperidine rings is 1. The largest absolute Gasteiger partial charge is 0.486 e. The molecule has 24 heavy (non-hydrogen) atoms. The highest BCUT2D eigenvalue weighted by Crippen LogP contribution is 2.23. The van der Waals surface area contributed by atoms with E-state index in [4.69, 9.17) is 10.00 Å². The molecule has 2 heterocycles. The zero-order chi connectivity index (χ0) is 16.9. The summed E-state index contributed by atoms with van der Waals surface area (Å²) in [4.78, 5) is 0. The van der Waals surface area contributed by atoms with Crippen molar-refractivity contribution in [1.29, 1.82) is 10.5 Å². The van der Waals surface area contributed by atoms with Gasteiger partial charge >= 0.3 is 0 Å². The van der Waals surface area contributed by atoms with Crippen molar-refractivity contribution in [2.24, 2.45) is 0 Å². The molecule has 7 heteroatoms. The normalized spacial score (nSPS) is 14.8. The molecule has 0 bridgehead atoms. The Hall–Kier alpha value is -2.90. The fourth-order valence-electron chi connectivity index (χ4n) is 2.80. The van der Waals surface area contributed by atoms with E-state index in [9.17, 15) is 9.65 Å². The Morgan fingerprint density at radius 1 is 1.29 bits per heavy atom. The van der Waals surface area contributed by atoms with Crippen LogP contribution < -0.4 is 10.1 Å². The smallest absolute Gasteiger partial charge is 0.166 e. The Morgan fingerprint density at radius 3 is 2.75 bits per heavy atom. The molecule has 0 amide bonds. The van der Waals surface area contributed by atoms with E-state index in [2.05, 4.69) is 16.5 Å². The average molecular weight is 325 g/mol. The molecular formula is C17H16FN5O. The van der Waals surface area contributed by atoms with Crippen LogP contribution in [0.5, 0.6) is 5.75 Å². The third-order valence-corrected chi connectivity index (χ3v) is 4.08. The van der Waals surface area contributed by atoms with Crippen LogP contribution in [0, 0.1) is 28.5 Å². The summed E-state index contributed by atoms with van der Waals surface area (Å²) < 4.78 is 21.1. The van der Waals surface area contributed by atoms with Crippen LogP contribution in [0.25, 0.3) is 0 Å². The summed E-state index contributed by atoms with van der Waals surface area (Å²) in [6, 6.07) is 8.27. The van der Waals surface area contributed by atoms with Gasteiger partial charge in [-0.3, -0.25) is 4.68 Å². The summed E-state index contributed by atoms with van der Waals surface area (Å²) in [7, 11) is 0. The third-order valence-electron chi connectivity index (χ3n) is 4.08. The Morgan fingerprint density at radius 2 is 2.08 bits per heavy atom. The fraction of sp³-hybridized carbons (Fsp3) is 0.353. The second-order valence-electron chi connectivity index (χ2n) is 5.60. The van der Waals surface area contributed by atoms with Gasteiger partial charge in [-0.25, -0.2) is 4.39 Å². The highest BCUT2D eigenvalue weighted by atomic mass is 19.1. The number of nitrogens with one attached hydrogen (secondary N) is 1. The quantitative estimate of drug-likeness (QED) is 0.932. The van der Waals surface area contributed by atoms with Crippen LogP contribution in [0.4, 0.5) is 4.39 Å². The van der Waals surface area contributed by atoms with Crippen molar-refractivity contribution < 1.29 is 9.13 Å². The average Bonchev–Trinajstić information content (AvgIpc) is 3.04. The van der Waals surface area contributed by atoms with Gasteiger partial charge in [-0.05, 0) is 44.1 Å². The van der Waals surface area contributed by atoms with Gasteiger partial charge in [0.05, 0.1) is 23.9 Å². The Bertz CT molecular complexity index is 811. The summed E-state index contributed by atoms with van der Waals surface area (Å²) in [6.45, 7) is 1.85. The first-order valence-electron chi connectivity index (χ1n) is 7.72. The maximum Gasteiger partial charge on any atom is 0.166 e. The molecule has 1 fully saturated rings. The first kappa shape index (κ1) is 16.0. The van der Waals surface area contributed by atoms with Gasteiger partial charge in [0.2, 0.25) is 0 Å². The van der Waals surface area contributed by atoms with E-state index in [1.807, 2.05) is 6.07 Å². The van der Waals surface area contributed by atoms with Crippen molar-refractivity contribution in [2.75, 3.05) is 13.1 Å². The van der Waals surface area contributed by atoms with Crippen LogP contribution in [-0.4, -0.2) is 22.9 Å². The number of hydrogen-bond donors (Lipinski definition) is 1. The van der Waals surface area contributed by atoms with Crippen molar-refractivity contribution in [3.63, 3.8) is 0 Å². The van der Waals surface area contributed by atoms with Gasteiger partial charge in [0.15, 0.2) is 11.6 Å². The van der Waals surface area contributed by atoms with Crippen molar-refractivity contribution in [1.82, 2.24) is 15.1 Å². The second-order valence-corrected chi connectivity index (χ2v) is 5.60. The van der Waals surface area contributed by atoms with E-state index < -0.39 is 5.82 Å². The molecule has 0 unspecified atom stereocenters. The van der Waals surface area contributed by atoms with E-state index in [0.717, 1.165) is 32.0 Å². The predicted molar refractivity (Wildman–Crippen MR) is 83.5 cm³/mol. The van der Waals surface area contributed by atoms with Crippen molar-refractivity contribution in [2.45, 2.75) is 25.5 Å². The van der Waals surface area contributed by atoms with Crippen molar-refractivity contribution in [3.05, 3.63) is 47.0 Å². The van der Waals surface area contributed by atoms with E-state index in [1.165, 1.54) is 12.1 Å². The molecule has 1 aliphatic heterocycles. The molecule has 2 aromatic rings. The van der Waals surface area contributed by atoms with Gasteiger partial charge in [-0.15, -0.1) is 0 Å². The molecule has 122 valence electrons. The number of nitrogens with zero attached hydrogens (tertiary/aromatic N) is 4. The van der Waals surface area contributed by atoms with Crippen LogP contribution >= 0.6 is 0 Å². The van der Waals surface area contributed by atoms with Crippen LogP contribution in [0.3, 0.4) is 0 Å². The lowest BCUT2D eigenvalue weighted by Gasteiger charge is -2.23. The maximum atomic E-state index is 13.8. The number of rotatable bonds is 4. The van der Waals surface area contributed by atoms with Gasteiger partial charge in [0.25, 0.3) is 0 Å². The van der Waals surface area contributed by atoms with Gasteiger partial charge < -0.3 is 10.1 Å². The molecule has 6 nitrogen and oxygen atoms in total. The van der Waals surface area contributed by atoms with Crippen LogP contribution in [0.1, 0.15) is 35.7 Å². The molecular weight excluding hydrogens is 309 g/mol. The third kappa shape index (κ3) is 3.22. The number of hydrogen-bond acceptors (Lipinski definition) is 5. The van der Waals surface area contributed by atoms with E-state index in [1.54, 1.807) is 10.9 Å². The Kier molecular flexibility index (Phi) is 4.74. The van der Waals surface area contributed by atoms with Crippen molar-refractivity contribution in [3.8, 4) is 17.9 Å². The molecule has 1 aliphatic rings. The van der Waals surface area contributed by atoms with Gasteiger partial charge in [-0.1, -0.05) is 0 Å². The molecule has 1 aromatic heterocycles. The number of aromatic nitrogens is 2. The summed E-state index contributed by atoms with van der Waals surface area (Å²) in [5.41, 5.74) is 1.31. The standard InChI is InChI=1S/C17H16FN5O/c18-15-7-12(8-19)1-2-17(15)24-11-13-10-22-23(16(13)9-20)14-3-5-21-6-4-14/h1-2,7,10,14,21H,3-6,11H2. The molecule has 0 atom stereocenters. The molecule has 1 aromatic carbocycles. The molecule has 0 aliphatic carbocycles. The second kappa shape index (κ2) is 7.12. The molecule has 3 rings (SSSR count). The maximum absolute atomic E-state index is 13.8. The minimum absolute atomic E-state index is 0.0486. The van der Waals surface area contributed by atoms with Gasteiger partial charge in [0.1, 0.15) is 18.4 Å². The lowest BCUT2D eigenvalue weighted by atomic mass is 10.1. The van der Waals surface area contributed by atoms with Gasteiger partial charge in [-0.2, -0.15) is 15.6 Å². The fourth-order valence-corrected chi connectivity index (χ4v) is 2.80. The van der Waals surface area contributed by atoms with E-state index >= 15 is 0 Å². The highest BCUT2D eigenvalue weighted by Gasteiger charge is 2.21.